The minimum absolute atomic E-state index is 0.0144. The Balaban J connectivity index is 2.54. The van der Waals surface area contributed by atoms with Crippen molar-refractivity contribution < 1.29 is 4.84 Å². The van der Waals surface area contributed by atoms with Gasteiger partial charge in [-0.15, -0.1) is 5.06 Å². The number of nitrogens with zero attached hydrogens (tertiary/aromatic N) is 1. The van der Waals surface area contributed by atoms with Crippen LogP contribution in [0.5, 0.6) is 0 Å². The van der Waals surface area contributed by atoms with Gasteiger partial charge in [0.05, 0.1) is 0 Å². The maximum absolute atomic E-state index is 5.39. The lowest BCUT2D eigenvalue weighted by Gasteiger charge is -2.22. The van der Waals surface area contributed by atoms with Gasteiger partial charge in [0, 0.05) is 5.54 Å². The molecule has 1 unspecified atom stereocenters. The van der Waals surface area contributed by atoms with Gasteiger partial charge in [0.2, 0.25) is 0 Å². The standard InChI is InChI=1S/C8H17NO/c1-6-7(2,3)9-8(4,5)10-9/h6H2,1-5H3. The summed E-state index contributed by atoms with van der Waals surface area (Å²) in [5.41, 5.74) is 0.184. The minimum Gasteiger partial charge on any atom is -0.272 e. The highest BCUT2D eigenvalue weighted by molar-refractivity contribution is 4.89. The van der Waals surface area contributed by atoms with E-state index in [1.807, 2.05) is 0 Å². The van der Waals surface area contributed by atoms with Gasteiger partial charge in [-0.05, 0) is 34.1 Å². The smallest absolute Gasteiger partial charge is 0.160 e. The van der Waals surface area contributed by atoms with Gasteiger partial charge in [0.15, 0.2) is 5.72 Å². The molecule has 2 nitrogen and oxygen atoms in total. The fourth-order valence-electron chi connectivity index (χ4n) is 1.20. The normalized spacial score (nSPS) is 30.3. The van der Waals surface area contributed by atoms with Gasteiger partial charge >= 0.3 is 0 Å². The molecule has 0 aromatic carbocycles. The van der Waals surface area contributed by atoms with E-state index in [1.54, 1.807) is 0 Å². The van der Waals surface area contributed by atoms with Crippen LogP contribution in [0.4, 0.5) is 0 Å². The molecule has 0 saturated carbocycles. The number of hydrogen-bond acceptors (Lipinski definition) is 2. The summed E-state index contributed by atoms with van der Waals surface area (Å²) in [6, 6.07) is 0. The first kappa shape index (κ1) is 8.02. The zero-order chi connectivity index (χ0) is 7.99. The van der Waals surface area contributed by atoms with Gasteiger partial charge in [-0.3, -0.25) is 4.84 Å². The van der Waals surface area contributed by atoms with Crippen molar-refractivity contribution in [2.75, 3.05) is 0 Å². The monoisotopic (exact) mass is 143 g/mol. The van der Waals surface area contributed by atoms with Gasteiger partial charge in [0.1, 0.15) is 0 Å². The van der Waals surface area contributed by atoms with Crippen molar-refractivity contribution in [3.05, 3.63) is 0 Å². The fourth-order valence-corrected chi connectivity index (χ4v) is 1.20. The van der Waals surface area contributed by atoms with Crippen LogP contribution in [0.25, 0.3) is 0 Å². The van der Waals surface area contributed by atoms with Crippen molar-refractivity contribution >= 4 is 0 Å². The van der Waals surface area contributed by atoms with E-state index >= 15 is 0 Å². The first-order chi connectivity index (χ1) is 4.40. The zero-order valence-electron chi connectivity index (χ0n) is 7.56. The predicted octanol–water partition coefficient (Wildman–Crippen LogP) is 2.16. The molecule has 1 aliphatic rings. The Morgan fingerprint density at radius 1 is 1.40 bits per heavy atom. The number of rotatable bonds is 2. The Kier molecular flexibility index (Phi) is 1.57. The average Bonchev–Trinajstić information content (AvgIpc) is 2.41. The van der Waals surface area contributed by atoms with Gasteiger partial charge in [0.25, 0.3) is 0 Å². The molecule has 1 heterocycles. The van der Waals surface area contributed by atoms with Crippen LogP contribution in [-0.4, -0.2) is 16.3 Å². The molecule has 0 aromatic heterocycles. The van der Waals surface area contributed by atoms with Crippen molar-refractivity contribution in [1.82, 2.24) is 5.06 Å². The third-order valence-corrected chi connectivity index (χ3v) is 2.19. The molecular formula is C8H17NO. The van der Waals surface area contributed by atoms with Crippen LogP contribution in [0.1, 0.15) is 41.0 Å². The van der Waals surface area contributed by atoms with Gasteiger partial charge in [-0.2, -0.15) is 0 Å². The van der Waals surface area contributed by atoms with Crippen LogP contribution in [0.2, 0.25) is 0 Å². The van der Waals surface area contributed by atoms with E-state index < -0.39 is 0 Å². The molecule has 0 aliphatic carbocycles. The first-order valence-electron chi connectivity index (χ1n) is 3.89. The van der Waals surface area contributed by atoms with E-state index in [0.29, 0.717) is 0 Å². The van der Waals surface area contributed by atoms with Crippen molar-refractivity contribution in [1.29, 1.82) is 0 Å². The molecule has 0 N–H and O–H groups in total. The molecule has 2 heteroatoms. The Labute approximate surface area is 63.1 Å². The second-order valence-electron chi connectivity index (χ2n) is 4.00. The van der Waals surface area contributed by atoms with E-state index in [4.69, 9.17) is 4.84 Å². The lowest BCUT2D eigenvalue weighted by atomic mass is 10.0. The third kappa shape index (κ3) is 1.18. The van der Waals surface area contributed by atoms with Crippen molar-refractivity contribution in [3.63, 3.8) is 0 Å². The van der Waals surface area contributed by atoms with Crippen LogP contribution in [0, 0.1) is 0 Å². The zero-order valence-corrected chi connectivity index (χ0v) is 7.56. The van der Waals surface area contributed by atoms with E-state index in [2.05, 4.69) is 39.7 Å². The van der Waals surface area contributed by atoms with Gasteiger partial charge < -0.3 is 0 Å². The topological polar surface area (TPSA) is 15.5 Å². The minimum atomic E-state index is -0.0144. The highest BCUT2D eigenvalue weighted by atomic mass is 16.9. The molecule has 0 aromatic rings. The maximum Gasteiger partial charge on any atom is 0.160 e. The van der Waals surface area contributed by atoms with E-state index in [9.17, 15) is 0 Å². The molecular weight excluding hydrogens is 126 g/mol. The van der Waals surface area contributed by atoms with E-state index in [-0.39, 0.29) is 11.3 Å². The Morgan fingerprint density at radius 3 is 1.90 bits per heavy atom. The quantitative estimate of drug-likeness (QED) is 0.550. The molecule has 0 bridgehead atoms. The summed E-state index contributed by atoms with van der Waals surface area (Å²) in [4.78, 5) is 5.39. The van der Waals surface area contributed by atoms with Crippen LogP contribution in [0.15, 0.2) is 0 Å². The summed E-state index contributed by atoms with van der Waals surface area (Å²) >= 11 is 0. The van der Waals surface area contributed by atoms with Crippen LogP contribution in [-0.2, 0) is 4.84 Å². The lowest BCUT2D eigenvalue weighted by molar-refractivity contribution is 0.0845. The molecule has 1 aliphatic heterocycles. The van der Waals surface area contributed by atoms with Crippen LogP contribution in [0.3, 0.4) is 0 Å². The third-order valence-electron chi connectivity index (χ3n) is 2.19. The molecule has 1 atom stereocenters. The number of hydroxylamine groups is 2. The summed E-state index contributed by atoms with van der Waals surface area (Å²) in [5, 5.41) is 2.06. The largest absolute Gasteiger partial charge is 0.272 e. The summed E-state index contributed by atoms with van der Waals surface area (Å²) < 4.78 is 0. The Hall–Kier alpha value is -0.0800. The van der Waals surface area contributed by atoms with Crippen LogP contribution >= 0.6 is 0 Å². The van der Waals surface area contributed by atoms with E-state index in [0.717, 1.165) is 6.42 Å². The van der Waals surface area contributed by atoms with Crippen molar-refractivity contribution in [2.45, 2.75) is 52.3 Å². The Bertz CT molecular complexity index is 140. The molecule has 60 valence electrons. The van der Waals surface area contributed by atoms with E-state index in [1.165, 1.54) is 0 Å². The highest BCUT2D eigenvalue weighted by Crippen LogP contribution is 2.41. The predicted molar refractivity (Wildman–Crippen MR) is 41.4 cm³/mol. The molecule has 0 spiro atoms. The molecule has 0 amide bonds. The molecule has 10 heavy (non-hydrogen) atoms. The lowest BCUT2D eigenvalue weighted by Crippen LogP contribution is -2.33. The van der Waals surface area contributed by atoms with Crippen molar-refractivity contribution in [3.8, 4) is 0 Å². The second-order valence-corrected chi connectivity index (χ2v) is 4.00. The highest BCUT2D eigenvalue weighted by Gasteiger charge is 2.53. The number of hydrogen-bond donors (Lipinski definition) is 0. The Morgan fingerprint density at radius 2 is 1.80 bits per heavy atom. The second kappa shape index (κ2) is 1.95. The molecule has 1 rings (SSSR count). The van der Waals surface area contributed by atoms with Gasteiger partial charge in [-0.1, -0.05) is 6.92 Å². The first-order valence-corrected chi connectivity index (χ1v) is 3.89. The SMILES string of the molecule is CCC(C)(C)N1OC1(C)C. The molecule has 0 radical (unpaired) electrons. The summed E-state index contributed by atoms with van der Waals surface area (Å²) in [6.45, 7) is 10.7. The fraction of sp³-hybridized carbons (Fsp3) is 1.00. The summed E-state index contributed by atoms with van der Waals surface area (Å²) in [7, 11) is 0. The van der Waals surface area contributed by atoms with Gasteiger partial charge in [-0.25, -0.2) is 0 Å². The summed E-state index contributed by atoms with van der Waals surface area (Å²) in [5.74, 6) is 0. The maximum atomic E-state index is 5.39. The molecule has 1 fully saturated rings. The van der Waals surface area contributed by atoms with Crippen LogP contribution < -0.4 is 0 Å². The van der Waals surface area contributed by atoms with Crippen molar-refractivity contribution in [2.24, 2.45) is 0 Å². The average molecular weight is 143 g/mol. The molecule has 1 saturated heterocycles. The summed E-state index contributed by atoms with van der Waals surface area (Å²) in [6.07, 6.45) is 1.12.